The molecule has 3 N–H and O–H groups in total. The van der Waals surface area contributed by atoms with Crippen molar-refractivity contribution in [3.05, 3.63) is 30.1 Å². The van der Waals surface area contributed by atoms with Gasteiger partial charge in [0.2, 0.25) is 0 Å². The largest absolute Gasteiger partial charge is 0.480 e. The molecule has 0 fully saturated rings. The van der Waals surface area contributed by atoms with Crippen LogP contribution in [0.15, 0.2) is 24.4 Å². The molecule has 0 aliphatic heterocycles. The number of urea groups is 1. The normalized spacial score (nSPS) is 11.7. The Morgan fingerprint density at radius 1 is 1.45 bits per heavy atom. The van der Waals surface area contributed by atoms with E-state index in [0.29, 0.717) is 13.1 Å². The Labute approximate surface area is 117 Å². The zero-order valence-electron chi connectivity index (χ0n) is 11.3. The lowest BCUT2D eigenvalue weighted by Crippen LogP contribution is -2.48. The van der Waals surface area contributed by atoms with Crippen LogP contribution in [0, 0.1) is 0 Å². The zero-order valence-corrected chi connectivity index (χ0v) is 11.3. The Morgan fingerprint density at radius 2 is 2.20 bits per heavy atom. The van der Waals surface area contributed by atoms with Gasteiger partial charge >= 0.3 is 12.0 Å². The fourth-order valence-corrected chi connectivity index (χ4v) is 1.64. The summed E-state index contributed by atoms with van der Waals surface area (Å²) in [6, 6.07) is 3.81. The van der Waals surface area contributed by atoms with Crippen molar-refractivity contribution in [2.45, 2.75) is 25.9 Å². The fourth-order valence-electron chi connectivity index (χ4n) is 1.64. The number of hydrogen-bond acceptors (Lipinski definition) is 4. The van der Waals surface area contributed by atoms with Crippen molar-refractivity contribution in [1.82, 2.24) is 15.2 Å². The van der Waals surface area contributed by atoms with Gasteiger partial charge in [0, 0.05) is 25.8 Å². The summed E-state index contributed by atoms with van der Waals surface area (Å²) in [5.41, 5.74) is 0.721. The lowest BCUT2D eigenvalue weighted by Gasteiger charge is -2.23. The van der Waals surface area contributed by atoms with E-state index in [2.05, 4.69) is 10.3 Å². The molecular weight excluding hydrogens is 262 g/mol. The van der Waals surface area contributed by atoms with Gasteiger partial charge in [-0.2, -0.15) is 0 Å². The molecule has 1 aromatic heterocycles. The standard InChI is InChI=1S/C13H19N3O4/c1-2-16(9-10-5-3-4-7-14-10)13(20)15-11(6-8-17)12(18)19/h3-5,7,11,17H,2,6,8-9H2,1H3,(H,15,20)(H,18,19). The number of rotatable bonds is 7. The van der Waals surface area contributed by atoms with E-state index in [1.807, 2.05) is 6.07 Å². The van der Waals surface area contributed by atoms with Gasteiger partial charge in [0.1, 0.15) is 6.04 Å². The van der Waals surface area contributed by atoms with Gasteiger partial charge in [-0.3, -0.25) is 4.98 Å². The Bertz CT molecular complexity index is 439. The van der Waals surface area contributed by atoms with E-state index in [9.17, 15) is 9.59 Å². The van der Waals surface area contributed by atoms with Gasteiger partial charge in [-0.25, -0.2) is 9.59 Å². The summed E-state index contributed by atoms with van der Waals surface area (Å²) in [4.78, 5) is 28.5. The number of aliphatic hydroxyl groups excluding tert-OH is 1. The highest BCUT2D eigenvalue weighted by atomic mass is 16.4. The van der Waals surface area contributed by atoms with E-state index < -0.39 is 18.0 Å². The van der Waals surface area contributed by atoms with Crippen LogP contribution in [0.25, 0.3) is 0 Å². The Kier molecular flexibility index (Phi) is 6.45. The van der Waals surface area contributed by atoms with Gasteiger partial charge in [0.05, 0.1) is 12.2 Å². The molecule has 0 saturated heterocycles. The van der Waals surface area contributed by atoms with E-state index in [-0.39, 0.29) is 13.0 Å². The van der Waals surface area contributed by atoms with Crippen LogP contribution in [0.3, 0.4) is 0 Å². The summed E-state index contributed by atoms with van der Waals surface area (Å²) in [6.07, 6.45) is 1.61. The highest BCUT2D eigenvalue weighted by Gasteiger charge is 2.22. The molecule has 1 atom stereocenters. The van der Waals surface area contributed by atoms with Crippen molar-refractivity contribution in [3.8, 4) is 0 Å². The number of hydrogen-bond donors (Lipinski definition) is 3. The molecule has 0 bridgehead atoms. The lowest BCUT2D eigenvalue weighted by atomic mass is 10.2. The topological polar surface area (TPSA) is 103 Å². The minimum absolute atomic E-state index is 0.0256. The predicted molar refractivity (Wildman–Crippen MR) is 72.0 cm³/mol. The molecule has 7 nitrogen and oxygen atoms in total. The van der Waals surface area contributed by atoms with E-state index in [4.69, 9.17) is 10.2 Å². The second-order valence-corrected chi connectivity index (χ2v) is 4.19. The quantitative estimate of drug-likeness (QED) is 0.673. The maximum absolute atomic E-state index is 12.0. The van der Waals surface area contributed by atoms with Gasteiger partial charge in [-0.15, -0.1) is 0 Å². The van der Waals surface area contributed by atoms with Crippen molar-refractivity contribution >= 4 is 12.0 Å². The Hall–Kier alpha value is -2.15. The molecule has 2 amide bonds. The van der Waals surface area contributed by atoms with E-state index in [0.717, 1.165) is 5.69 Å². The number of carboxylic acid groups (broad SMARTS) is 1. The molecule has 1 heterocycles. The van der Waals surface area contributed by atoms with Crippen LogP contribution in [0.1, 0.15) is 19.0 Å². The molecule has 0 aromatic carbocycles. The summed E-state index contributed by atoms with van der Waals surface area (Å²) in [6.45, 7) is 2.22. The first-order valence-corrected chi connectivity index (χ1v) is 6.37. The smallest absolute Gasteiger partial charge is 0.326 e. The number of amides is 2. The summed E-state index contributed by atoms with van der Waals surface area (Å²) in [5.74, 6) is -1.17. The number of aliphatic carboxylic acids is 1. The summed E-state index contributed by atoms with van der Waals surface area (Å²) in [7, 11) is 0. The zero-order chi connectivity index (χ0) is 15.0. The molecule has 1 unspecified atom stereocenters. The number of nitrogens with one attached hydrogen (secondary N) is 1. The van der Waals surface area contributed by atoms with Crippen LogP contribution in [-0.2, 0) is 11.3 Å². The van der Waals surface area contributed by atoms with Crippen LogP contribution in [0.2, 0.25) is 0 Å². The Morgan fingerprint density at radius 3 is 2.70 bits per heavy atom. The van der Waals surface area contributed by atoms with Crippen LogP contribution < -0.4 is 5.32 Å². The fraction of sp³-hybridized carbons (Fsp3) is 0.462. The first-order chi connectivity index (χ1) is 9.58. The molecule has 0 saturated carbocycles. The van der Waals surface area contributed by atoms with E-state index in [1.165, 1.54) is 4.90 Å². The van der Waals surface area contributed by atoms with Crippen molar-refractivity contribution in [2.75, 3.05) is 13.2 Å². The molecule has 110 valence electrons. The maximum atomic E-state index is 12.0. The summed E-state index contributed by atoms with van der Waals surface area (Å²) >= 11 is 0. The molecule has 20 heavy (non-hydrogen) atoms. The van der Waals surface area contributed by atoms with Gasteiger partial charge in [0.25, 0.3) is 0 Å². The number of aromatic nitrogens is 1. The van der Waals surface area contributed by atoms with Crippen molar-refractivity contribution in [2.24, 2.45) is 0 Å². The average Bonchev–Trinajstić information content (AvgIpc) is 2.45. The van der Waals surface area contributed by atoms with Crippen molar-refractivity contribution in [1.29, 1.82) is 0 Å². The van der Waals surface area contributed by atoms with Crippen LogP contribution in [-0.4, -0.2) is 51.3 Å². The highest BCUT2D eigenvalue weighted by molar-refractivity contribution is 5.82. The molecule has 0 aliphatic carbocycles. The van der Waals surface area contributed by atoms with E-state index in [1.54, 1.807) is 25.3 Å². The number of carbonyl (C=O) groups excluding carboxylic acids is 1. The molecule has 0 radical (unpaired) electrons. The monoisotopic (exact) mass is 281 g/mol. The van der Waals surface area contributed by atoms with Gasteiger partial charge in [0.15, 0.2) is 0 Å². The average molecular weight is 281 g/mol. The lowest BCUT2D eigenvalue weighted by molar-refractivity contribution is -0.139. The van der Waals surface area contributed by atoms with Crippen LogP contribution in [0.4, 0.5) is 4.79 Å². The summed E-state index contributed by atoms with van der Waals surface area (Å²) < 4.78 is 0. The third kappa shape index (κ3) is 4.85. The Balaban J connectivity index is 2.64. The predicted octanol–water partition coefficient (Wildman–Crippen LogP) is 0.449. The highest BCUT2D eigenvalue weighted by Crippen LogP contribution is 2.02. The molecule has 1 rings (SSSR count). The third-order valence-electron chi connectivity index (χ3n) is 2.76. The second-order valence-electron chi connectivity index (χ2n) is 4.19. The second kappa shape index (κ2) is 8.11. The molecule has 0 spiro atoms. The minimum atomic E-state index is -1.17. The number of aliphatic hydroxyl groups is 1. The maximum Gasteiger partial charge on any atom is 0.326 e. The van der Waals surface area contributed by atoms with Gasteiger partial charge in [-0.05, 0) is 19.1 Å². The number of nitrogens with zero attached hydrogens (tertiary/aromatic N) is 2. The third-order valence-corrected chi connectivity index (χ3v) is 2.76. The first kappa shape index (κ1) is 15.9. The number of carbonyl (C=O) groups is 2. The number of pyridine rings is 1. The minimum Gasteiger partial charge on any atom is -0.480 e. The van der Waals surface area contributed by atoms with Crippen molar-refractivity contribution < 1.29 is 19.8 Å². The van der Waals surface area contributed by atoms with E-state index >= 15 is 0 Å². The number of carboxylic acids is 1. The molecule has 1 aromatic rings. The molecule has 0 aliphatic rings. The van der Waals surface area contributed by atoms with Crippen LogP contribution >= 0.6 is 0 Å². The molecular formula is C13H19N3O4. The summed E-state index contributed by atoms with van der Waals surface area (Å²) in [5, 5.41) is 20.1. The van der Waals surface area contributed by atoms with Crippen LogP contribution in [0.5, 0.6) is 0 Å². The van der Waals surface area contributed by atoms with Gasteiger partial charge in [-0.1, -0.05) is 6.07 Å². The van der Waals surface area contributed by atoms with Gasteiger partial charge < -0.3 is 20.4 Å². The molecule has 7 heteroatoms. The van der Waals surface area contributed by atoms with Crippen molar-refractivity contribution in [3.63, 3.8) is 0 Å². The SMILES string of the molecule is CCN(Cc1ccccn1)C(=O)NC(CCO)C(=O)O. The first-order valence-electron chi connectivity index (χ1n) is 6.37.